The molecule has 17 heavy (non-hydrogen) atoms. The Kier molecular flexibility index (Phi) is 4.52. The smallest absolute Gasteiger partial charge is 0.399 e. The number of thioether (sulfide) groups is 1. The molecule has 1 aromatic carbocycles. The molecule has 7 heteroatoms. The summed E-state index contributed by atoms with van der Waals surface area (Å²) in [4.78, 5) is 0. The fourth-order valence-corrected chi connectivity index (χ4v) is 1.60. The van der Waals surface area contributed by atoms with Gasteiger partial charge in [-0.25, -0.2) is 0 Å². The average Bonchev–Trinajstić information content (AvgIpc) is 2.24. The number of benzene rings is 1. The molecular weight excluding hydrogens is 251 g/mol. The monoisotopic (exact) mass is 261 g/mol. The Hall–Kier alpha value is -1.55. The van der Waals surface area contributed by atoms with Crippen LogP contribution in [-0.4, -0.2) is 17.8 Å². The van der Waals surface area contributed by atoms with Crippen molar-refractivity contribution >= 4 is 23.1 Å². The summed E-state index contributed by atoms with van der Waals surface area (Å²) in [7, 11) is 0. The molecule has 1 aromatic rings. The van der Waals surface area contributed by atoms with Gasteiger partial charge < -0.3 is 11.1 Å². The fourth-order valence-electron chi connectivity index (χ4n) is 1.16. The minimum absolute atomic E-state index is 0.101. The summed E-state index contributed by atoms with van der Waals surface area (Å²) < 4.78 is 35.5. The summed E-state index contributed by atoms with van der Waals surface area (Å²) in [6.45, 7) is 0.128. The van der Waals surface area contributed by atoms with E-state index >= 15 is 0 Å². The van der Waals surface area contributed by atoms with Gasteiger partial charge in [-0.05, 0) is 30.0 Å². The molecule has 0 heterocycles. The van der Waals surface area contributed by atoms with E-state index in [1.807, 2.05) is 6.07 Å². The number of alkyl halides is 3. The summed E-state index contributed by atoms with van der Waals surface area (Å²) in [5.41, 5.74) is 2.51. The number of nitrogen functional groups attached to an aromatic ring is 1. The van der Waals surface area contributed by atoms with Crippen molar-refractivity contribution in [2.45, 2.75) is 5.51 Å². The number of halogens is 3. The molecule has 0 aliphatic carbocycles. The molecule has 0 saturated heterocycles. The van der Waals surface area contributed by atoms with Crippen LogP contribution in [0.1, 0.15) is 5.56 Å². The van der Waals surface area contributed by atoms with Crippen molar-refractivity contribution in [3.05, 3.63) is 23.8 Å². The largest absolute Gasteiger partial charge is 0.441 e. The molecule has 0 radical (unpaired) electrons. The van der Waals surface area contributed by atoms with Crippen LogP contribution in [0.15, 0.2) is 18.2 Å². The van der Waals surface area contributed by atoms with Gasteiger partial charge in [0, 0.05) is 18.0 Å². The molecule has 0 saturated carbocycles. The maximum absolute atomic E-state index is 11.8. The molecule has 1 rings (SSSR count). The lowest BCUT2D eigenvalue weighted by Gasteiger charge is -2.09. The molecule has 0 atom stereocenters. The van der Waals surface area contributed by atoms with Gasteiger partial charge in [0.25, 0.3) is 0 Å². The number of nitriles is 1. The Balaban J connectivity index is 2.50. The van der Waals surface area contributed by atoms with Gasteiger partial charge in [0.1, 0.15) is 6.07 Å². The molecule has 0 aromatic heterocycles. The van der Waals surface area contributed by atoms with Crippen LogP contribution in [0.25, 0.3) is 0 Å². The lowest BCUT2D eigenvalue weighted by molar-refractivity contribution is -0.0327. The van der Waals surface area contributed by atoms with Gasteiger partial charge in [0.05, 0.1) is 11.3 Å². The van der Waals surface area contributed by atoms with E-state index in [4.69, 9.17) is 11.0 Å². The highest BCUT2D eigenvalue weighted by atomic mass is 32.2. The van der Waals surface area contributed by atoms with Crippen LogP contribution in [0.2, 0.25) is 0 Å². The number of hydrogen-bond acceptors (Lipinski definition) is 4. The zero-order valence-corrected chi connectivity index (χ0v) is 9.53. The van der Waals surface area contributed by atoms with Gasteiger partial charge in [0.2, 0.25) is 0 Å². The number of hydrogen-bond donors (Lipinski definition) is 2. The Morgan fingerprint density at radius 3 is 2.71 bits per heavy atom. The minimum Gasteiger partial charge on any atom is -0.399 e. The second-order valence-electron chi connectivity index (χ2n) is 3.14. The van der Waals surface area contributed by atoms with Crippen molar-refractivity contribution in [3.63, 3.8) is 0 Å². The molecular formula is C10H10F3N3S. The Morgan fingerprint density at radius 2 is 2.12 bits per heavy atom. The first-order valence-corrected chi connectivity index (χ1v) is 5.65. The number of nitrogens with zero attached hydrogens (tertiary/aromatic N) is 1. The zero-order chi connectivity index (χ0) is 12.9. The number of nitrogens with one attached hydrogen (secondary N) is 1. The summed E-state index contributed by atoms with van der Waals surface area (Å²) >= 11 is -0.101. The molecule has 92 valence electrons. The van der Waals surface area contributed by atoms with Gasteiger partial charge in [-0.1, -0.05) is 0 Å². The van der Waals surface area contributed by atoms with Crippen molar-refractivity contribution in [2.24, 2.45) is 0 Å². The molecule has 0 spiro atoms. The highest BCUT2D eigenvalue weighted by Gasteiger charge is 2.27. The van der Waals surface area contributed by atoms with E-state index in [-0.39, 0.29) is 24.1 Å². The fraction of sp³-hybridized carbons (Fsp3) is 0.300. The van der Waals surface area contributed by atoms with Gasteiger partial charge in [-0.15, -0.1) is 0 Å². The van der Waals surface area contributed by atoms with E-state index in [0.29, 0.717) is 16.9 Å². The molecule has 0 bridgehead atoms. The Labute approximate surface area is 101 Å². The first-order chi connectivity index (χ1) is 7.92. The van der Waals surface area contributed by atoms with Gasteiger partial charge in [-0.3, -0.25) is 0 Å². The zero-order valence-electron chi connectivity index (χ0n) is 8.71. The van der Waals surface area contributed by atoms with Gasteiger partial charge in [-0.2, -0.15) is 18.4 Å². The van der Waals surface area contributed by atoms with E-state index < -0.39 is 5.51 Å². The van der Waals surface area contributed by atoms with Crippen molar-refractivity contribution in [1.29, 1.82) is 5.26 Å². The van der Waals surface area contributed by atoms with E-state index in [2.05, 4.69) is 5.32 Å². The highest BCUT2D eigenvalue weighted by molar-refractivity contribution is 8.00. The number of anilines is 2. The first-order valence-electron chi connectivity index (χ1n) is 4.66. The third kappa shape index (κ3) is 4.87. The minimum atomic E-state index is -4.22. The molecule has 0 amide bonds. The molecule has 3 N–H and O–H groups in total. The van der Waals surface area contributed by atoms with Gasteiger partial charge in [0.15, 0.2) is 0 Å². The average molecular weight is 261 g/mol. The van der Waals surface area contributed by atoms with E-state index in [9.17, 15) is 13.2 Å². The summed E-state index contributed by atoms with van der Waals surface area (Å²) in [5.74, 6) is -0.112. The molecule has 0 unspecified atom stereocenters. The van der Waals surface area contributed by atoms with Crippen LogP contribution >= 0.6 is 11.8 Å². The van der Waals surface area contributed by atoms with Crippen LogP contribution in [0.4, 0.5) is 24.5 Å². The second kappa shape index (κ2) is 5.68. The third-order valence-corrected chi connectivity index (χ3v) is 2.58. The van der Waals surface area contributed by atoms with Crippen LogP contribution < -0.4 is 11.1 Å². The summed E-state index contributed by atoms with van der Waals surface area (Å²) in [6, 6.07) is 6.55. The van der Waals surface area contributed by atoms with E-state index in [1.165, 1.54) is 6.07 Å². The van der Waals surface area contributed by atoms with Crippen molar-refractivity contribution < 1.29 is 13.2 Å². The van der Waals surface area contributed by atoms with Crippen LogP contribution in [0.3, 0.4) is 0 Å². The van der Waals surface area contributed by atoms with Crippen LogP contribution in [0.5, 0.6) is 0 Å². The maximum Gasteiger partial charge on any atom is 0.441 e. The van der Waals surface area contributed by atoms with Crippen molar-refractivity contribution in [1.82, 2.24) is 0 Å². The Morgan fingerprint density at radius 1 is 1.41 bits per heavy atom. The number of nitrogens with two attached hydrogens (primary N) is 1. The predicted molar refractivity (Wildman–Crippen MR) is 62.6 cm³/mol. The van der Waals surface area contributed by atoms with Crippen LogP contribution in [0, 0.1) is 11.3 Å². The predicted octanol–water partition coefficient (Wildman–Crippen LogP) is 2.81. The Bertz CT molecular complexity index is 426. The molecule has 0 aliphatic heterocycles. The summed E-state index contributed by atoms with van der Waals surface area (Å²) in [6.07, 6.45) is 0. The van der Waals surface area contributed by atoms with E-state index in [1.54, 1.807) is 12.1 Å². The molecule has 0 fully saturated rings. The quantitative estimate of drug-likeness (QED) is 0.646. The third-order valence-electron chi connectivity index (χ3n) is 1.85. The molecule has 3 nitrogen and oxygen atoms in total. The number of rotatable bonds is 4. The lowest BCUT2D eigenvalue weighted by atomic mass is 10.2. The maximum atomic E-state index is 11.8. The highest BCUT2D eigenvalue weighted by Crippen LogP contribution is 2.29. The van der Waals surface area contributed by atoms with E-state index in [0.717, 1.165) is 0 Å². The van der Waals surface area contributed by atoms with Gasteiger partial charge >= 0.3 is 5.51 Å². The first kappa shape index (κ1) is 13.5. The molecule has 0 aliphatic rings. The normalized spacial score (nSPS) is 10.9. The topological polar surface area (TPSA) is 61.8 Å². The van der Waals surface area contributed by atoms with Crippen molar-refractivity contribution in [3.8, 4) is 6.07 Å². The second-order valence-corrected chi connectivity index (χ2v) is 4.30. The SMILES string of the molecule is N#Cc1cc(N)ccc1NCCSC(F)(F)F. The van der Waals surface area contributed by atoms with Crippen LogP contribution in [-0.2, 0) is 0 Å². The summed E-state index contributed by atoms with van der Waals surface area (Å²) in [5, 5.41) is 11.6. The lowest BCUT2D eigenvalue weighted by Crippen LogP contribution is -2.10. The standard InChI is InChI=1S/C10H10F3N3S/c11-10(12,13)17-4-3-16-9-2-1-8(15)5-7(9)6-14/h1-2,5,16H,3-4,15H2. The van der Waals surface area contributed by atoms with Crippen molar-refractivity contribution in [2.75, 3.05) is 23.3 Å².